The van der Waals surface area contributed by atoms with E-state index in [0.29, 0.717) is 10.6 Å². The number of nitrogens with zero attached hydrogens (tertiary/aromatic N) is 1. The Kier molecular flexibility index (Phi) is 3.92. The minimum atomic E-state index is -0.454. The second kappa shape index (κ2) is 5.73. The van der Waals surface area contributed by atoms with E-state index in [1.165, 1.54) is 6.07 Å². The third-order valence-corrected chi connectivity index (χ3v) is 4.52. The topological polar surface area (TPSA) is 20.3 Å². The van der Waals surface area contributed by atoms with Gasteiger partial charge in [-0.1, -0.05) is 41.9 Å². The number of amides is 1. The summed E-state index contributed by atoms with van der Waals surface area (Å²) in [5.74, 6) is -0.239. The van der Waals surface area contributed by atoms with Crippen LogP contribution in [0.2, 0.25) is 5.02 Å². The van der Waals surface area contributed by atoms with Crippen molar-refractivity contribution >= 4 is 17.5 Å². The van der Waals surface area contributed by atoms with Crippen LogP contribution in [0.15, 0.2) is 48.5 Å². The SMILES string of the molecule is CN(Cc1ccccc1F)C(=O)C1(c2ccc(Cl)cc2)CC1. The molecule has 1 saturated carbocycles. The molecule has 2 aromatic rings. The molecule has 0 spiro atoms. The predicted molar refractivity (Wildman–Crippen MR) is 85.2 cm³/mol. The number of carbonyl (C=O) groups is 1. The zero-order chi connectivity index (χ0) is 15.7. The predicted octanol–water partition coefficient (Wildman–Crippen LogP) is 4.17. The number of rotatable bonds is 4. The van der Waals surface area contributed by atoms with Crippen LogP contribution in [0.25, 0.3) is 0 Å². The lowest BCUT2D eigenvalue weighted by Gasteiger charge is -2.24. The number of hydrogen-bond acceptors (Lipinski definition) is 1. The van der Waals surface area contributed by atoms with Crippen LogP contribution in [0.3, 0.4) is 0 Å². The Morgan fingerprint density at radius 1 is 1.18 bits per heavy atom. The van der Waals surface area contributed by atoms with Crippen molar-refractivity contribution in [1.82, 2.24) is 4.90 Å². The van der Waals surface area contributed by atoms with E-state index in [1.807, 2.05) is 12.1 Å². The maximum absolute atomic E-state index is 13.7. The fourth-order valence-electron chi connectivity index (χ4n) is 2.84. The first-order valence-electron chi connectivity index (χ1n) is 7.28. The molecule has 22 heavy (non-hydrogen) atoms. The normalized spacial score (nSPS) is 15.4. The minimum Gasteiger partial charge on any atom is -0.341 e. The average Bonchev–Trinajstić information content (AvgIpc) is 3.31. The highest BCUT2D eigenvalue weighted by atomic mass is 35.5. The van der Waals surface area contributed by atoms with Crippen LogP contribution in [0, 0.1) is 5.82 Å². The van der Waals surface area contributed by atoms with Gasteiger partial charge in [0.05, 0.1) is 5.41 Å². The summed E-state index contributed by atoms with van der Waals surface area (Å²) < 4.78 is 13.7. The van der Waals surface area contributed by atoms with E-state index in [1.54, 1.807) is 42.3 Å². The van der Waals surface area contributed by atoms with Gasteiger partial charge in [0.2, 0.25) is 5.91 Å². The number of halogens is 2. The fourth-order valence-corrected chi connectivity index (χ4v) is 2.97. The smallest absolute Gasteiger partial charge is 0.233 e. The second-order valence-electron chi connectivity index (χ2n) is 5.84. The maximum Gasteiger partial charge on any atom is 0.233 e. The molecule has 0 unspecified atom stereocenters. The molecule has 0 radical (unpaired) electrons. The molecule has 2 aromatic carbocycles. The van der Waals surface area contributed by atoms with Crippen molar-refractivity contribution in [2.75, 3.05) is 7.05 Å². The molecule has 3 rings (SSSR count). The van der Waals surface area contributed by atoms with E-state index < -0.39 is 5.41 Å². The van der Waals surface area contributed by atoms with Gasteiger partial charge < -0.3 is 4.90 Å². The fraction of sp³-hybridized carbons (Fsp3) is 0.278. The Bertz CT molecular complexity index is 694. The molecule has 1 aliphatic carbocycles. The van der Waals surface area contributed by atoms with Gasteiger partial charge in [0.15, 0.2) is 0 Å². The minimum absolute atomic E-state index is 0.0399. The highest BCUT2D eigenvalue weighted by molar-refractivity contribution is 6.30. The summed E-state index contributed by atoms with van der Waals surface area (Å²) in [7, 11) is 1.73. The zero-order valence-electron chi connectivity index (χ0n) is 12.4. The molecule has 4 heteroatoms. The summed E-state index contributed by atoms with van der Waals surface area (Å²) in [6, 6.07) is 14.0. The van der Waals surface area contributed by atoms with Crippen LogP contribution < -0.4 is 0 Å². The Morgan fingerprint density at radius 3 is 2.41 bits per heavy atom. The largest absolute Gasteiger partial charge is 0.341 e. The van der Waals surface area contributed by atoms with Gasteiger partial charge in [-0.15, -0.1) is 0 Å². The third kappa shape index (κ3) is 2.73. The van der Waals surface area contributed by atoms with Crippen molar-refractivity contribution in [3.63, 3.8) is 0 Å². The Hall–Kier alpha value is -1.87. The van der Waals surface area contributed by atoms with Crippen LogP contribution in [-0.4, -0.2) is 17.9 Å². The van der Waals surface area contributed by atoms with Gasteiger partial charge in [0.25, 0.3) is 0 Å². The van der Waals surface area contributed by atoms with Crippen molar-refractivity contribution in [1.29, 1.82) is 0 Å². The van der Waals surface area contributed by atoms with E-state index >= 15 is 0 Å². The van der Waals surface area contributed by atoms with Crippen molar-refractivity contribution in [2.24, 2.45) is 0 Å². The zero-order valence-corrected chi connectivity index (χ0v) is 13.1. The molecule has 1 aliphatic rings. The average molecular weight is 318 g/mol. The summed E-state index contributed by atoms with van der Waals surface area (Å²) in [4.78, 5) is 14.4. The van der Waals surface area contributed by atoms with Gasteiger partial charge in [-0.2, -0.15) is 0 Å². The number of likely N-dealkylation sites (N-methyl/N-ethyl adjacent to an activating group) is 1. The Labute approximate surface area is 134 Å². The van der Waals surface area contributed by atoms with Gasteiger partial charge >= 0.3 is 0 Å². The van der Waals surface area contributed by atoms with E-state index in [0.717, 1.165) is 18.4 Å². The monoisotopic (exact) mass is 317 g/mol. The summed E-state index contributed by atoms with van der Waals surface area (Å²) in [5, 5.41) is 0.659. The molecule has 2 nitrogen and oxygen atoms in total. The van der Waals surface area contributed by atoms with Crippen LogP contribution in [0.4, 0.5) is 4.39 Å². The molecule has 0 N–H and O–H groups in total. The highest BCUT2D eigenvalue weighted by Gasteiger charge is 2.52. The first-order chi connectivity index (χ1) is 10.5. The lowest BCUT2D eigenvalue weighted by Crippen LogP contribution is -2.36. The van der Waals surface area contributed by atoms with Crippen LogP contribution in [0.5, 0.6) is 0 Å². The van der Waals surface area contributed by atoms with Crippen molar-refractivity contribution in [3.8, 4) is 0 Å². The van der Waals surface area contributed by atoms with Gasteiger partial charge in [-0.25, -0.2) is 4.39 Å². The van der Waals surface area contributed by atoms with Gasteiger partial charge in [-0.05, 0) is 36.6 Å². The van der Waals surface area contributed by atoms with Gasteiger partial charge in [0, 0.05) is 24.2 Å². The number of hydrogen-bond donors (Lipinski definition) is 0. The molecule has 114 valence electrons. The quantitative estimate of drug-likeness (QED) is 0.829. The standard InChI is InChI=1S/C18H17ClFNO/c1-21(12-13-4-2-3-5-16(13)20)17(22)18(10-11-18)14-6-8-15(19)9-7-14/h2-9H,10-12H2,1H3. The molecule has 0 aliphatic heterocycles. The van der Waals surface area contributed by atoms with Crippen LogP contribution in [-0.2, 0) is 16.8 Å². The second-order valence-corrected chi connectivity index (χ2v) is 6.28. The van der Waals surface area contributed by atoms with E-state index in [9.17, 15) is 9.18 Å². The van der Waals surface area contributed by atoms with Crippen molar-refractivity contribution in [2.45, 2.75) is 24.8 Å². The molecule has 0 bridgehead atoms. The maximum atomic E-state index is 13.7. The number of benzene rings is 2. The summed E-state index contributed by atoms with van der Waals surface area (Å²) in [5.41, 5.74) is 1.07. The summed E-state index contributed by atoms with van der Waals surface area (Å²) in [6.07, 6.45) is 1.66. The molecule has 1 fully saturated rings. The molecular formula is C18H17ClFNO. The molecule has 0 heterocycles. The van der Waals surface area contributed by atoms with E-state index in [-0.39, 0.29) is 18.3 Å². The van der Waals surface area contributed by atoms with Crippen molar-refractivity contribution in [3.05, 3.63) is 70.5 Å². The molecule has 0 aromatic heterocycles. The lowest BCUT2D eigenvalue weighted by atomic mass is 9.94. The first kappa shape index (κ1) is 15.0. The van der Waals surface area contributed by atoms with Crippen LogP contribution in [0.1, 0.15) is 24.0 Å². The Balaban J connectivity index is 1.78. The van der Waals surface area contributed by atoms with E-state index in [2.05, 4.69) is 0 Å². The molecule has 0 atom stereocenters. The van der Waals surface area contributed by atoms with Crippen molar-refractivity contribution < 1.29 is 9.18 Å². The highest BCUT2D eigenvalue weighted by Crippen LogP contribution is 2.49. The van der Waals surface area contributed by atoms with E-state index in [4.69, 9.17) is 11.6 Å². The molecule has 0 saturated heterocycles. The summed E-state index contributed by atoms with van der Waals surface area (Å²) in [6.45, 7) is 0.279. The first-order valence-corrected chi connectivity index (χ1v) is 7.66. The molecule has 1 amide bonds. The Morgan fingerprint density at radius 2 is 1.82 bits per heavy atom. The third-order valence-electron chi connectivity index (χ3n) is 4.27. The van der Waals surface area contributed by atoms with Crippen LogP contribution >= 0.6 is 11.6 Å². The summed E-state index contributed by atoms with van der Waals surface area (Å²) >= 11 is 5.91. The van der Waals surface area contributed by atoms with Gasteiger partial charge in [-0.3, -0.25) is 4.79 Å². The number of carbonyl (C=O) groups excluding carboxylic acids is 1. The van der Waals surface area contributed by atoms with Gasteiger partial charge in [0.1, 0.15) is 5.82 Å². The lowest BCUT2D eigenvalue weighted by molar-refractivity contribution is -0.133. The molecular weight excluding hydrogens is 301 g/mol.